The average molecular weight is 548 g/mol. The maximum atomic E-state index is 13.3. The van der Waals surface area contributed by atoms with E-state index in [-0.39, 0.29) is 36.5 Å². The number of amides is 1. The Kier molecular flexibility index (Phi) is 7.70. The molecule has 3 heterocycles. The molecule has 40 heavy (non-hydrogen) atoms. The van der Waals surface area contributed by atoms with Crippen LogP contribution in [0.3, 0.4) is 0 Å². The van der Waals surface area contributed by atoms with E-state index in [1.165, 1.54) is 6.20 Å². The Hall–Kier alpha value is -4.06. The molecule has 0 aliphatic carbocycles. The van der Waals surface area contributed by atoms with Crippen molar-refractivity contribution in [2.75, 3.05) is 37.0 Å². The van der Waals surface area contributed by atoms with E-state index in [4.69, 9.17) is 9.47 Å². The first-order valence-electron chi connectivity index (χ1n) is 13.2. The Morgan fingerprint density at radius 2 is 1.88 bits per heavy atom. The summed E-state index contributed by atoms with van der Waals surface area (Å²) in [4.78, 5) is 34.3. The average Bonchev–Trinajstić information content (AvgIpc) is 3.18. The molecule has 1 saturated heterocycles. The van der Waals surface area contributed by atoms with Crippen molar-refractivity contribution in [3.63, 3.8) is 0 Å². The molecule has 1 unspecified atom stereocenters. The Morgan fingerprint density at radius 1 is 1.12 bits per heavy atom. The zero-order valence-electron chi connectivity index (χ0n) is 22.4. The van der Waals surface area contributed by atoms with E-state index < -0.39 is 23.2 Å². The fourth-order valence-electron chi connectivity index (χ4n) is 4.84. The van der Waals surface area contributed by atoms with Crippen molar-refractivity contribution in [2.45, 2.75) is 43.9 Å². The summed E-state index contributed by atoms with van der Waals surface area (Å²) in [6.45, 7) is 4.31. The molecule has 5 N–H and O–H groups in total. The highest BCUT2D eigenvalue weighted by atomic mass is 16.6. The normalized spacial score (nSPS) is 17.9. The van der Waals surface area contributed by atoms with Crippen molar-refractivity contribution >= 4 is 29.3 Å². The van der Waals surface area contributed by atoms with E-state index in [0.29, 0.717) is 37.3 Å². The van der Waals surface area contributed by atoms with Gasteiger partial charge in [-0.2, -0.15) is 4.98 Å². The number of nitrogens with one attached hydrogen (secondary N) is 3. The van der Waals surface area contributed by atoms with Crippen LogP contribution in [0.25, 0.3) is 0 Å². The van der Waals surface area contributed by atoms with Crippen LogP contribution in [0.1, 0.15) is 64.6 Å². The summed E-state index contributed by atoms with van der Waals surface area (Å²) in [6, 6.07) is 14.0. The number of nitrogens with zero attached hydrogens (tertiary/aromatic N) is 2. The second-order valence-electron chi connectivity index (χ2n) is 10.6. The number of benzene rings is 2. The first-order chi connectivity index (χ1) is 19.2. The number of esters is 1. The van der Waals surface area contributed by atoms with E-state index >= 15 is 0 Å². The van der Waals surface area contributed by atoms with Gasteiger partial charge in [-0.1, -0.05) is 30.3 Å². The van der Waals surface area contributed by atoms with Crippen LogP contribution in [0.15, 0.2) is 54.7 Å². The van der Waals surface area contributed by atoms with Gasteiger partial charge in [0.15, 0.2) is 0 Å². The van der Waals surface area contributed by atoms with Gasteiger partial charge in [0.1, 0.15) is 17.0 Å². The summed E-state index contributed by atoms with van der Waals surface area (Å²) < 4.78 is 10.8. The third-order valence-corrected chi connectivity index (χ3v) is 7.22. The molecule has 2 aromatic carbocycles. The minimum atomic E-state index is -1.05. The molecule has 0 radical (unpaired) electrons. The number of aliphatic hydroxyl groups excluding tert-OH is 1. The zero-order valence-corrected chi connectivity index (χ0v) is 22.4. The maximum absolute atomic E-state index is 13.3. The summed E-state index contributed by atoms with van der Waals surface area (Å²) in [5.74, 6) is -0.425. The summed E-state index contributed by atoms with van der Waals surface area (Å²) in [7, 11) is 0. The standard InChI is InChI=1S/C29H33N5O6/c1-28(2)22-14-19(8-9-20(22)26(37)40-28)32-27-30-15-21(25(36)31-17-29(38)10-12-39-13-11-29)24(34-27)33-23(16-35)18-6-4-3-5-7-18/h3-9,14-15,23,35,38H,10-13,16-17H2,1-2H3,(H,31,36)(H2,30,32,33,34). The van der Waals surface area contributed by atoms with Crippen molar-refractivity contribution in [1.82, 2.24) is 15.3 Å². The third kappa shape index (κ3) is 5.91. The molecule has 210 valence electrons. The fourth-order valence-corrected chi connectivity index (χ4v) is 4.84. The number of anilines is 3. The Morgan fingerprint density at radius 3 is 2.60 bits per heavy atom. The fraction of sp³-hybridized carbons (Fsp3) is 0.379. The molecule has 1 fully saturated rings. The number of hydrogen-bond acceptors (Lipinski definition) is 10. The van der Waals surface area contributed by atoms with Crippen LogP contribution >= 0.6 is 0 Å². The summed E-state index contributed by atoms with van der Waals surface area (Å²) in [6.07, 6.45) is 2.24. The van der Waals surface area contributed by atoms with Crippen LogP contribution in [-0.4, -0.2) is 64.0 Å². The van der Waals surface area contributed by atoms with E-state index in [9.17, 15) is 19.8 Å². The quantitative estimate of drug-likeness (QED) is 0.253. The van der Waals surface area contributed by atoms with Crippen LogP contribution in [0.5, 0.6) is 0 Å². The number of aromatic nitrogens is 2. The number of rotatable bonds is 9. The van der Waals surface area contributed by atoms with Crippen molar-refractivity contribution in [2.24, 2.45) is 0 Å². The summed E-state index contributed by atoms with van der Waals surface area (Å²) in [5, 5.41) is 30.0. The summed E-state index contributed by atoms with van der Waals surface area (Å²) in [5.41, 5.74) is 1.04. The van der Waals surface area contributed by atoms with Crippen molar-refractivity contribution in [3.05, 3.63) is 77.0 Å². The summed E-state index contributed by atoms with van der Waals surface area (Å²) >= 11 is 0. The molecule has 2 aliphatic heterocycles. The van der Waals surface area contributed by atoms with Gasteiger partial charge in [-0.05, 0) is 37.6 Å². The maximum Gasteiger partial charge on any atom is 0.339 e. The van der Waals surface area contributed by atoms with Gasteiger partial charge < -0.3 is 35.6 Å². The van der Waals surface area contributed by atoms with Crippen LogP contribution < -0.4 is 16.0 Å². The molecule has 3 aromatic rings. The van der Waals surface area contributed by atoms with Gasteiger partial charge in [0.25, 0.3) is 5.91 Å². The SMILES string of the molecule is CC1(C)OC(=O)c2ccc(Nc3ncc(C(=O)NCC4(O)CCOCC4)c(NC(CO)c4ccccc4)n3)cc21. The number of carbonyl (C=O) groups is 2. The van der Waals surface area contributed by atoms with Gasteiger partial charge in [0.2, 0.25) is 5.95 Å². The Labute approximate surface area is 232 Å². The van der Waals surface area contributed by atoms with Crippen LogP contribution in [0.2, 0.25) is 0 Å². The number of ether oxygens (including phenoxy) is 2. The van der Waals surface area contributed by atoms with Gasteiger partial charge in [-0.15, -0.1) is 0 Å². The smallest absolute Gasteiger partial charge is 0.339 e. The monoisotopic (exact) mass is 547 g/mol. The van der Waals surface area contributed by atoms with Crippen LogP contribution in [0.4, 0.5) is 17.5 Å². The minimum absolute atomic E-state index is 0.0580. The topological polar surface area (TPSA) is 155 Å². The second-order valence-corrected chi connectivity index (χ2v) is 10.6. The van der Waals surface area contributed by atoms with Crippen molar-refractivity contribution in [3.8, 4) is 0 Å². The first-order valence-corrected chi connectivity index (χ1v) is 13.2. The van der Waals surface area contributed by atoms with Gasteiger partial charge >= 0.3 is 5.97 Å². The lowest BCUT2D eigenvalue weighted by Gasteiger charge is -2.32. The molecule has 1 amide bonds. The molecule has 0 spiro atoms. The predicted molar refractivity (Wildman–Crippen MR) is 147 cm³/mol. The lowest BCUT2D eigenvalue weighted by Crippen LogP contribution is -2.46. The number of carbonyl (C=O) groups excluding carboxylic acids is 2. The van der Waals surface area contributed by atoms with Gasteiger partial charge in [-0.3, -0.25) is 4.79 Å². The highest BCUT2D eigenvalue weighted by Crippen LogP contribution is 2.37. The number of cyclic esters (lactones) is 1. The molecule has 0 saturated carbocycles. The molecular weight excluding hydrogens is 514 g/mol. The zero-order chi connectivity index (χ0) is 28.3. The lowest BCUT2D eigenvalue weighted by atomic mass is 9.94. The van der Waals surface area contributed by atoms with E-state index in [1.807, 2.05) is 50.2 Å². The van der Waals surface area contributed by atoms with E-state index in [0.717, 1.165) is 11.1 Å². The Bertz CT molecular complexity index is 1390. The number of aliphatic hydroxyl groups is 2. The molecule has 5 rings (SSSR count). The second kappa shape index (κ2) is 11.2. The molecule has 2 aliphatic rings. The van der Waals surface area contributed by atoms with Crippen LogP contribution in [0, 0.1) is 0 Å². The lowest BCUT2D eigenvalue weighted by molar-refractivity contribution is -0.0605. The Balaban J connectivity index is 1.42. The molecule has 1 aromatic heterocycles. The van der Waals surface area contributed by atoms with Crippen molar-refractivity contribution < 1.29 is 29.3 Å². The molecule has 11 heteroatoms. The van der Waals surface area contributed by atoms with Gasteiger partial charge in [0, 0.05) is 50.0 Å². The van der Waals surface area contributed by atoms with Crippen molar-refractivity contribution in [1.29, 1.82) is 0 Å². The molecule has 11 nitrogen and oxygen atoms in total. The first kappa shape index (κ1) is 27.5. The van der Waals surface area contributed by atoms with E-state index in [2.05, 4.69) is 25.9 Å². The van der Waals surface area contributed by atoms with E-state index in [1.54, 1.807) is 12.1 Å². The van der Waals surface area contributed by atoms with Gasteiger partial charge in [-0.25, -0.2) is 9.78 Å². The molecule has 0 bridgehead atoms. The molecule has 1 atom stereocenters. The van der Waals surface area contributed by atoms with Gasteiger partial charge in [0.05, 0.1) is 23.8 Å². The minimum Gasteiger partial charge on any atom is -0.451 e. The predicted octanol–water partition coefficient (Wildman–Crippen LogP) is 3.04. The third-order valence-electron chi connectivity index (χ3n) is 7.22. The number of hydrogen-bond donors (Lipinski definition) is 5. The highest BCUT2D eigenvalue weighted by molar-refractivity contribution is 5.99. The largest absolute Gasteiger partial charge is 0.451 e. The number of fused-ring (bicyclic) bond motifs is 1. The highest BCUT2D eigenvalue weighted by Gasteiger charge is 2.38. The van der Waals surface area contributed by atoms with Crippen LogP contribution in [-0.2, 0) is 15.1 Å². The molecular formula is C29H33N5O6.